The van der Waals surface area contributed by atoms with Gasteiger partial charge in [0.15, 0.2) is 0 Å². The minimum Gasteiger partial charge on any atom is -0.493 e. The van der Waals surface area contributed by atoms with Gasteiger partial charge in [-0.25, -0.2) is 4.79 Å². The Labute approximate surface area is 155 Å². The number of nitrogens with two attached hydrogens (primary N) is 1. The third kappa shape index (κ3) is 3.85. The Hall–Kier alpha value is -2.49. The molecule has 0 bridgehead atoms. The predicted molar refractivity (Wildman–Crippen MR) is 103 cm³/mol. The fourth-order valence-electron chi connectivity index (χ4n) is 3.57. The summed E-state index contributed by atoms with van der Waals surface area (Å²) in [5.74, 6) is 1.37. The standard InChI is InChI=1S/C22H27NO3/c1-14(2)13-25-18-7-5-6-15(11-18)16-8-9-19-17(10-16)12-22(3,4)20(19)26-21(23)24/h5-11,14,20H,12-13H2,1-4H3,(H2,23,24). The summed E-state index contributed by atoms with van der Waals surface area (Å²) in [6.45, 7) is 9.17. The van der Waals surface area contributed by atoms with Crippen molar-refractivity contribution in [2.45, 2.75) is 40.2 Å². The molecule has 4 nitrogen and oxygen atoms in total. The maximum atomic E-state index is 11.3. The number of benzene rings is 2. The van der Waals surface area contributed by atoms with E-state index in [0.29, 0.717) is 12.5 Å². The summed E-state index contributed by atoms with van der Waals surface area (Å²) in [5, 5.41) is 0. The fourth-order valence-corrected chi connectivity index (χ4v) is 3.57. The van der Waals surface area contributed by atoms with Crippen molar-refractivity contribution >= 4 is 6.09 Å². The average molecular weight is 353 g/mol. The van der Waals surface area contributed by atoms with E-state index in [0.717, 1.165) is 28.9 Å². The van der Waals surface area contributed by atoms with E-state index in [1.54, 1.807) is 0 Å². The number of ether oxygens (including phenoxy) is 2. The first-order chi connectivity index (χ1) is 12.3. The van der Waals surface area contributed by atoms with Crippen molar-refractivity contribution in [3.8, 4) is 16.9 Å². The number of fused-ring (bicyclic) bond motifs is 1. The lowest BCUT2D eigenvalue weighted by Crippen LogP contribution is -2.25. The molecular formula is C22H27NO3. The molecule has 0 saturated carbocycles. The highest BCUT2D eigenvalue weighted by molar-refractivity contribution is 5.68. The topological polar surface area (TPSA) is 61.6 Å². The number of carbonyl (C=O) groups is 1. The molecule has 1 amide bonds. The van der Waals surface area contributed by atoms with Crippen LogP contribution in [0.15, 0.2) is 42.5 Å². The van der Waals surface area contributed by atoms with Crippen LogP contribution in [-0.4, -0.2) is 12.7 Å². The molecule has 1 atom stereocenters. The molecule has 0 heterocycles. The number of amides is 1. The lowest BCUT2D eigenvalue weighted by Gasteiger charge is -2.26. The van der Waals surface area contributed by atoms with Crippen LogP contribution in [0.1, 0.15) is 44.9 Å². The van der Waals surface area contributed by atoms with E-state index in [-0.39, 0.29) is 11.5 Å². The summed E-state index contributed by atoms with van der Waals surface area (Å²) in [6, 6.07) is 14.5. The first-order valence-corrected chi connectivity index (χ1v) is 9.08. The van der Waals surface area contributed by atoms with Crippen LogP contribution in [0.4, 0.5) is 4.79 Å². The van der Waals surface area contributed by atoms with Crippen LogP contribution in [0.2, 0.25) is 0 Å². The van der Waals surface area contributed by atoms with E-state index in [2.05, 4.69) is 58.0 Å². The molecule has 1 unspecified atom stereocenters. The van der Waals surface area contributed by atoms with Gasteiger partial charge >= 0.3 is 6.09 Å². The third-order valence-electron chi connectivity index (χ3n) is 4.77. The zero-order valence-corrected chi connectivity index (χ0v) is 15.9. The Kier molecular flexibility index (Phi) is 4.94. The van der Waals surface area contributed by atoms with E-state index < -0.39 is 6.09 Å². The zero-order chi connectivity index (χ0) is 18.9. The van der Waals surface area contributed by atoms with Crippen LogP contribution in [0.5, 0.6) is 5.75 Å². The van der Waals surface area contributed by atoms with Gasteiger partial charge in [0.25, 0.3) is 0 Å². The molecule has 0 saturated heterocycles. The summed E-state index contributed by atoms with van der Waals surface area (Å²) in [4.78, 5) is 11.3. The second kappa shape index (κ2) is 7.02. The average Bonchev–Trinajstić information content (AvgIpc) is 2.82. The molecule has 26 heavy (non-hydrogen) atoms. The van der Waals surface area contributed by atoms with Gasteiger partial charge in [-0.05, 0) is 46.7 Å². The minimum atomic E-state index is -0.727. The van der Waals surface area contributed by atoms with Gasteiger partial charge in [-0.15, -0.1) is 0 Å². The van der Waals surface area contributed by atoms with Gasteiger partial charge in [-0.2, -0.15) is 0 Å². The smallest absolute Gasteiger partial charge is 0.405 e. The van der Waals surface area contributed by atoms with Gasteiger partial charge in [0.05, 0.1) is 6.61 Å². The van der Waals surface area contributed by atoms with E-state index in [4.69, 9.17) is 15.2 Å². The number of hydrogen-bond donors (Lipinski definition) is 1. The summed E-state index contributed by atoms with van der Waals surface area (Å²) in [5.41, 5.74) is 9.59. The highest BCUT2D eigenvalue weighted by atomic mass is 16.6. The van der Waals surface area contributed by atoms with Crippen molar-refractivity contribution in [1.82, 2.24) is 0 Å². The summed E-state index contributed by atoms with van der Waals surface area (Å²) in [6.07, 6.45) is -0.183. The first kappa shape index (κ1) is 18.3. The fraction of sp³-hybridized carbons (Fsp3) is 0.409. The number of hydrogen-bond acceptors (Lipinski definition) is 3. The van der Waals surface area contributed by atoms with Gasteiger partial charge in [0.1, 0.15) is 11.9 Å². The van der Waals surface area contributed by atoms with E-state index in [1.165, 1.54) is 5.56 Å². The number of carbonyl (C=O) groups excluding carboxylic acids is 1. The molecule has 2 aromatic carbocycles. The Morgan fingerprint density at radius 1 is 1.19 bits per heavy atom. The highest BCUT2D eigenvalue weighted by Gasteiger charge is 2.41. The van der Waals surface area contributed by atoms with E-state index in [1.807, 2.05) is 12.1 Å². The first-order valence-electron chi connectivity index (χ1n) is 9.08. The van der Waals surface area contributed by atoms with Crippen LogP contribution < -0.4 is 10.5 Å². The van der Waals surface area contributed by atoms with Gasteiger partial charge in [0.2, 0.25) is 0 Å². The van der Waals surface area contributed by atoms with Gasteiger partial charge in [-0.1, -0.05) is 58.0 Å². The molecule has 0 spiro atoms. The van der Waals surface area contributed by atoms with Crippen molar-refractivity contribution in [1.29, 1.82) is 0 Å². The van der Waals surface area contributed by atoms with Gasteiger partial charge in [-0.3, -0.25) is 0 Å². The third-order valence-corrected chi connectivity index (χ3v) is 4.77. The molecule has 0 radical (unpaired) electrons. The van der Waals surface area contributed by atoms with Crippen LogP contribution in [0.3, 0.4) is 0 Å². The molecule has 3 rings (SSSR count). The second-order valence-corrected chi connectivity index (χ2v) is 8.13. The van der Waals surface area contributed by atoms with Crippen LogP contribution in [-0.2, 0) is 11.2 Å². The van der Waals surface area contributed by atoms with Crippen molar-refractivity contribution < 1.29 is 14.3 Å². The number of primary amides is 1. The minimum absolute atomic E-state index is 0.168. The maximum Gasteiger partial charge on any atom is 0.405 e. The molecule has 0 aromatic heterocycles. The van der Waals surface area contributed by atoms with Crippen LogP contribution >= 0.6 is 0 Å². The zero-order valence-electron chi connectivity index (χ0n) is 15.9. The Morgan fingerprint density at radius 2 is 1.92 bits per heavy atom. The number of rotatable bonds is 5. The van der Waals surface area contributed by atoms with Crippen molar-refractivity contribution in [2.75, 3.05) is 6.61 Å². The second-order valence-electron chi connectivity index (χ2n) is 8.13. The quantitative estimate of drug-likeness (QED) is 0.813. The molecule has 1 aliphatic carbocycles. The predicted octanol–water partition coefficient (Wildman–Crippen LogP) is 5.11. The van der Waals surface area contributed by atoms with Gasteiger partial charge < -0.3 is 15.2 Å². The van der Waals surface area contributed by atoms with Crippen molar-refractivity contribution in [3.63, 3.8) is 0 Å². The molecule has 1 aliphatic rings. The largest absolute Gasteiger partial charge is 0.493 e. The molecule has 2 aromatic rings. The van der Waals surface area contributed by atoms with E-state index in [9.17, 15) is 4.79 Å². The van der Waals surface area contributed by atoms with Crippen molar-refractivity contribution in [2.24, 2.45) is 17.1 Å². The SMILES string of the molecule is CC(C)COc1cccc(-c2ccc3c(c2)CC(C)(C)C3OC(N)=O)c1. The van der Waals surface area contributed by atoms with Crippen LogP contribution in [0.25, 0.3) is 11.1 Å². The van der Waals surface area contributed by atoms with E-state index >= 15 is 0 Å². The maximum absolute atomic E-state index is 11.3. The summed E-state index contributed by atoms with van der Waals surface area (Å²) in [7, 11) is 0. The summed E-state index contributed by atoms with van der Waals surface area (Å²) < 4.78 is 11.2. The molecule has 0 aliphatic heterocycles. The lowest BCUT2D eigenvalue weighted by molar-refractivity contribution is 0.0392. The molecule has 4 heteroatoms. The Bertz CT molecular complexity index is 811. The Balaban J connectivity index is 1.89. The highest BCUT2D eigenvalue weighted by Crippen LogP contribution is 2.48. The monoisotopic (exact) mass is 353 g/mol. The normalized spacial score (nSPS) is 17.8. The molecule has 138 valence electrons. The van der Waals surface area contributed by atoms with Gasteiger partial charge in [0, 0.05) is 5.41 Å². The lowest BCUT2D eigenvalue weighted by atomic mass is 9.87. The summed E-state index contributed by atoms with van der Waals surface area (Å²) >= 11 is 0. The molecule has 2 N–H and O–H groups in total. The van der Waals surface area contributed by atoms with Crippen molar-refractivity contribution in [3.05, 3.63) is 53.6 Å². The Morgan fingerprint density at radius 3 is 2.62 bits per heavy atom. The molecule has 0 fully saturated rings. The molecular weight excluding hydrogens is 326 g/mol. The van der Waals surface area contributed by atoms with Crippen LogP contribution in [0, 0.1) is 11.3 Å².